The van der Waals surface area contributed by atoms with Gasteiger partial charge in [0.15, 0.2) is 5.78 Å². The van der Waals surface area contributed by atoms with Crippen molar-refractivity contribution in [1.82, 2.24) is 0 Å². The highest BCUT2D eigenvalue weighted by molar-refractivity contribution is 9.10. The number of aryl methyl sites for hydroxylation is 1. The molecule has 0 aromatic heterocycles. The van der Waals surface area contributed by atoms with Crippen molar-refractivity contribution in [3.05, 3.63) is 69.3 Å². The van der Waals surface area contributed by atoms with E-state index in [1.807, 2.05) is 12.1 Å². The summed E-state index contributed by atoms with van der Waals surface area (Å²) in [5, 5.41) is 7.21. The Bertz CT molecular complexity index is 929. The number of halogens is 1. The van der Waals surface area contributed by atoms with Gasteiger partial charge in [0, 0.05) is 22.2 Å². The average molecular weight is 411 g/mol. The van der Waals surface area contributed by atoms with Crippen LogP contribution in [0.3, 0.4) is 0 Å². The molecular weight excluding hydrogens is 388 g/mol. The lowest BCUT2D eigenvalue weighted by molar-refractivity contribution is -0.118. The summed E-state index contributed by atoms with van der Waals surface area (Å²) in [6.45, 7) is 6.42. The molecule has 2 aromatic carbocycles. The van der Waals surface area contributed by atoms with Gasteiger partial charge in [-0.25, -0.2) is 0 Å². The molecule has 1 aliphatic carbocycles. The Morgan fingerprint density at radius 3 is 2.65 bits per heavy atom. The number of hydrogen-bond acceptors (Lipinski definition) is 3. The van der Waals surface area contributed by atoms with Gasteiger partial charge in [0.2, 0.25) is 0 Å². The summed E-state index contributed by atoms with van der Waals surface area (Å²) in [6, 6.07) is 14.4. The van der Waals surface area contributed by atoms with Gasteiger partial charge < -0.3 is 10.6 Å². The molecule has 1 atom stereocenters. The van der Waals surface area contributed by atoms with E-state index in [4.69, 9.17) is 0 Å². The maximum Gasteiger partial charge on any atom is 0.163 e. The van der Waals surface area contributed by atoms with E-state index in [2.05, 4.69) is 77.7 Å². The first-order valence-corrected chi connectivity index (χ1v) is 9.78. The van der Waals surface area contributed by atoms with Crippen LogP contribution in [0.5, 0.6) is 0 Å². The Hall–Kier alpha value is -2.07. The van der Waals surface area contributed by atoms with Crippen LogP contribution in [0, 0.1) is 12.3 Å². The molecular formula is C22H23BrN2O. The van der Waals surface area contributed by atoms with Gasteiger partial charge in [0.05, 0.1) is 17.4 Å². The first-order chi connectivity index (χ1) is 12.3. The summed E-state index contributed by atoms with van der Waals surface area (Å²) in [4.78, 5) is 13.1. The minimum absolute atomic E-state index is 0.0278. The molecule has 2 aliphatic rings. The molecule has 1 aliphatic heterocycles. The number of allylic oxidation sites excluding steroid dienone is 1. The molecule has 0 spiro atoms. The van der Waals surface area contributed by atoms with Crippen LogP contribution in [0.2, 0.25) is 0 Å². The summed E-state index contributed by atoms with van der Waals surface area (Å²) < 4.78 is 1.02. The molecule has 1 heterocycles. The quantitative estimate of drug-likeness (QED) is 0.607. The van der Waals surface area contributed by atoms with Gasteiger partial charge in [0.1, 0.15) is 0 Å². The second kappa shape index (κ2) is 6.27. The van der Waals surface area contributed by atoms with Gasteiger partial charge >= 0.3 is 0 Å². The molecule has 0 fully saturated rings. The van der Waals surface area contributed by atoms with Crippen LogP contribution >= 0.6 is 15.9 Å². The van der Waals surface area contributed by atoms with Crippen molar-refractivity contribution in [1.29, 1.82) is 0 Å². The number of carbonyl (C=O) groups is 1. The fourth-order valence-electron chi connectivity index (χ4n) is 3.99. The zero-order valence-corrected chi connectivity index (χ0v) is 16.9. The molecule has 0 amide bonds. The second-order valence-corrected chi connectivity index (χ2v) is 9.06. The van der Waals surface area contributed by atoms with Gasteiger partial charge in [-0.05, 0) is 54.2 Å². The van der Waals surface area contributed by atoms with Crippen LogP contribution in [0.25, 0.3) is 0 Å². The minimum Gasteiger partial charge on any atom is -0.372 e. The number of fused-ring (bicyclic) bond motifs is 1. The minimum atomic E-state index is -0.151. The van der Waals surface area contributed by atoms with E-state index in [9.17, 15) is 4.79 Å². The average Bonchev–Trinajstić information content (AvgIpc) is 2.70. The summed E-state index contributed by atoms with van der Waals surface area (Å²) in [5.41, 5.74) is 6.25. The first kappa shape index (κ1) is 17.3. The number of hydrogen-bond donors (Lipinski definition) is 2. The van der Waals surface area contributed by atoms with Crippen LogP contribution in [-0.4, -0.2) is 5.78 Å². The van der Waals surface area contributed by atoms with Crippen LogP contribution < -0.4 is 10.6 Å². The monoisotopic (exact) mass is 410 g/mol. The number of anilines is 2. The number of carbonyl (C=O) groups excluding carboxylic acids is 1. The lowest BCUT2D eigenvalue weighted by atomic mass is 9.73. The maximum atomic E-state index is 13.1. The number of benzene rings is 2. The largest absolute Gasteiger partial charge is 0.372 e. The zero-order valence-electron chi connectivity index (χ0n) is 15.3. The van der Waals surface area contributed by atoms with E-state index in [1.165, 1.54) is 5.56 Å². The van der Waals surface area contributed by atoms with Crippen molar-refractivity contribution in [2.24, 2.45) is 5.41 Å². The number of rotatable bonds is 1. The van der Waals surface area contributed by atoms with E-state index < -0.39 is 0 Å². The van der Waals surface area contributed by atoms with Gasteiger partial charge in [-0.2, -0.15) is 0 Å². The van der Waals surface area contributed by atoms with Crippen molar-refractivity contribution < 1.29 is 4.79 Å². The highest BCUT2D eigenvalue weighted by Gasteiger charge is 2.38. The molecule has 4 rings (SSSR count). The Morgan fingerprint density at radius 2 is 1.88 bits per heavy atom. The lowest BCUT2D eigenvalue weighted by Gasteiger charge is -2.34. The molecule has 26 heavy (non-hydrogen) atoms. The van der Waals surface area contributed by atoms with E-state index in [0.29, 0.717) is 6.42 Å². The summed E-state index contributed by atoms with van der Waals surface area (Å²) in [7, 11) is 0. The van der Waals surface area contributed by atoms with Crippen LogP contribution in [0.15, 0.2) is 58.2 Å². The molecule has 1 unspecified atom stereocenters. The predicted molar refractivity (Wildman–Crippen MR) is 110 cm³/mol. The molecule has 0 bridgehead atoms. The van der Waals surface area contributed by atoms with Crippen molar-refractivity contribution >= 4 is 33.1 Å². The van der Waals surface area contributed by atoms with E-state index >= 15 is 0 Å². The molecule has 0 saturated carbocycles. The van der Waals surface area contributed by atoms with Crippen LogP contribution in [-0.2, 0) is 4.79 Å². The Balaban J connectivity index is 1.90. The molecule has 2 aromatic rings. The third kappa shape index (κ3) is 3.18. The van der Waals surface area contributed by atoms with Gasteiger partial charge in [-0.3, -0.25) is 4.79 Å². The molecule has 4 heteroatoms. The smallest absolute Gasteiger partial charge is 0.163 e. The standard InChI is InChI=1S/C22H23BrN2O/c1-13-7-8-16-17(9-13)25-21(14-5-4-6-15(23)10-14)20-18(24-16)11-22(2,3)12-19(20)26/h4-10,21,24-25H,11-12H2,1-3H3. The Morgan fingerprint density at radius 1 is 1.08 bits per heavy atom. The highest BCUT2D eigenvalue weighted by atomic mass is 79.9. The van der Waals surface area contributed by atoms with Crippen molar-refractivity contribution in [2.75, 3.05) is 10.6 Å². The Kier molecular flexibility index (Phi) is 4.19. The molecule has 134 valence electrons. The van der Waals surface area contributed by atoms with Crippen LogP contribution in [0.4, 0.5) is 11.4 Å². The third-order valence-corrected chi connectivity index (χ3v) is 5.64. The normalized spacial score (nSPS) is 21.2. The molecule has 3 nitrogen and oxygen atoms in total. The SMILES string of the molecule is Cc1ccc2c(c1)NC(c1cccc(Br)c1)C1=C(CC(C)(C)CC1=O)N2. The fraction of sp³-hybridized carbons (Fsp3) is 0.318. The van der Waals surface area contributed by atoms with Crippen molar-refractivity contribution in [3.8, 4) is 0 Å². The zero-order chi connectivity index (χ0) is 18.5. The van der Waals surface area contributed by atoms with Crippen molar-refractivity contribution in [2.45, 2.75) is 39.7 Å². The van der Waals surface area contributed by atoms with Gasteiger partial charge in [-0.1, -0.05) is 48.0 Å². The highest BCUT2D eigenvalue weighted by Crippen LogP contribution is 2.45. The number of Topliss-reactive ketones (excluding diaryl/α,β-unsaturated/α-hetero) is 1. The predicted octanol–water partition coefficient (Wildman–Crippen LogP) is 5.98. The van der Waals surface area contributed by atoms with Gasteiger partial charge in [0.25, 0.3) is 0 Å². The molecule has 2 N–H and O–H groups in total. The lowest BCUT2D eigenvalue weighted by Crippen LogP contribution is -2.31. The number of nitrogens with one attached hydrogen (secondary N) is 2. The summed E-state index contributed by atoms with van der Waals surface area (Å²) >= 11 is 3.57. The first-order valence-electron chi connectivity index (χ1n) is 8.98. The maximum absolute atomic E-state index is 13.1. The second-order valence-electron chi connectivity index (χ2n) is 8.14. The molecule has 0 saturated heterocycles. The number of ketones is 1. The molecule has 0 radical (unpaired) electrons. The van der Waals surface area contributed by atoms with Gasteiger partial charge in [-0.15, -0.1) is 0 Å². The topological polar surface area (TPSA) is 41.1 Å². The third-order valence-electron chi connectivity index (χ3n) is 5.15. The fourth-order valence-corrected chi connectivity index (χ4v) is 4.41. The summed E-state index contributed by atoms with van der Waals surface area (Å²) in [6.07, 6.45) is 1.45. The van der Waals surface area contributed by atoms with E-state index in [1.54, 1.807) is 0 Å². The summed E-state index contributed by atoms with van der Waals surface area (Å²) in [5.74, 6) is 0.228. The van der Waals surface area contributed by atoms with Crippen LogP contribution in [0.1, 0.15) is 43.9 Å². The van der Waals surface area contributed by atoms with Crippen molar-refractivity contribution in [3.63, 3.8) is 0 Å². The van der Waals surface area contributed by atoms with E-state index in [-0.39, 0.29) is 17.2 Å². The Labute approximate surface area is 163 Å². The van der Waals surface area contributed by atoms with E-state index in [0.717, 1.165) is 39.1 Å².